The molecule has 0 spiro atoms. The lowest BCUT2D eigenvalue weighted by atomic mass is 9.45. The topological polar surface area (TPSA) is 106 Å². The number of nitrogens with one attached hydrogen (secondary N) is 1. The predicted octanol–water partition coefficient (Wildman–Crippen LogP) is 2.91. The van der Waals surface area contributed by atoms with Crippen LogP contribution in [0.5, 0.6) is 0 Å². The Bertz CT molecular complexity index is 1000. The zero-order chi connectivity index (χ0) is 22.8. The van der Waals surface area contributed by atoms with Gasteiger partial charge in [-0.3, -0.25) is 9.59 Å². The second-order valence-electron chi connectivity index (χ2n) is 10.2. The SMILES string of the molecule is CC(C)(NS(=O)(=O)c1c(F)cccc1F)C(=O)CC1C2CC3CC1CC(C(N)=O)(C3)C2. The Balaban J connectivity index is 1.51. The van der Waals surface area contributed by atoms with Crippen LogP contribution in [0.3, 0.4) is 0 Å². The van der Waals surface area contributed by atoms with Gasteiger partial charge in [-0.25, -0.2) is 17.2 Å². The maximum Gasteiger partial charge on any atom is 0.247 e. The highest BCUT2D eigenvalue weighted by atomic mass is 32.2. The normalized spacial score (nSPS) is 32.3. The summed E-state index contributed by atoms with van der Waals surface area (Å²) in [5.41, 5.74) is 3.71. The van der Waals surface area contributed by atoms with Gasteiger partial charge in [0.05, 0.1) is 5.54 Å². The van der Waals surface area contributed by atoms with E-state index in [4.69, 9.17) is 5.73 Å². The molecule has 4 bridgehead atoms. The molecule has 31 heavy (non-hydrogen) atoms. The summed E-state index contributed by atoms with van der Waals surface area (Å²) in [6, 6.07) is 2.79. The van der Waals surface area contributed by atoms with E-state index in [1.165, 1.54) is 13.8 Å². The highest BCUT2D eigenvalue weighted by Crippen LogP contribution is 2.62. The number of benzene rings is 1. The van der Waals surface area contributed by atoms with Gasteiger partial charge in [0.15, 0.2) is 10.7 Å². The van der Waals surface area contributed by atoms with E-state index in [0.717, 1.165) is 37.5 Å². The molecule has 170 valence electrons. The highest BCUT2D eigenvalue weighted by Gasteiger charge is 2.58. The van der Waals surface area contributed by atoms with E-state index >= 15 is 0 Å². The summed E-state index contributed by atoms with van der Waals surface area (Å²) in [5.74, 6) is -2.09. The molecule has 4 aliphatic rings. The Kier molecular flexibility index (Phi) is 5.28. The number of primary amides is 1. The van der Waals surface area contributed by atoms with Gasteiger partial charge in [-0.2, -0.15) is 4.72 Å². The summed E-state index contributed by atoms with van der Waals surface area (Å²) in [7, 11) is -4.59. The maximum atomic E-state index is 14.0. The first-order valence-electron chi connectivity index (χ1n) is 10.7. The minimum atomic E-state index is -4.59. The van der Waals surface area contributed by atoms with Crippen LogP contribution in [0.25, 0.3) is 0 Å². The van der Waals surface area contributed by atoms with Gasteiger partial charge in [0.25, 0.3) is 0 Å². The monoisotopic (exact) mass is 454 g/mol. The van der Waals surface area contributed by atoms with Crippen LogP contribution in [0.2, 0.25) is 0 Å². The van der Waals surface area contributed by atoms with Crippen LogP contribution in [-0.2, 0) is 19.6 Å². The molecule has 5 rings (SSSR count). The van der Waals surface area contributed by atoms with E-state index in [2.05, 4.69) is 4.72 Å². The van der Waals surface area contributed by atoms with Crippen LogP contribution in [0.1, 0.15) is 52.4 Å². The summed E-state index contributed by atoms with van der Waals surface area (Å²) < 4.78 is 55.5. The van der Waals surface area contributed by atoms with E-state index in [-0.39, 0.29) is 35.9 Å². The van der Waals surface area contributed by atoms with Crippen molar-refractivity contribution in [1.29, 1.82) is 0 Å². The number of amides is 1. The van der Waals surface area contributed by atoms with Crippen LogP contribution in [0.15, 0.2) is 23.1 Å². The maximum absolute atomic E-state index is 14.0. The number of ketones is 1. The third kappa shape index (κ3) is 3.80. The first kappa shape index (κ1) is 22.3. The molecule has 4 saturated carbocycles. The third-order valence-electron chi connectivity index (χ3n) is 7.69. The van der Waals surface area contributed by atoms with Crippen LogP contribution in [-0.4, -0.2) is 25.6 Å². The molecule has 1 aromatic carbocycles. The number of hydrogen-bond acceptors (Lipinski definition) is 4. The summed E-state index contributed by atoms with van der Waals surface area (Å²) >= 11 is 0. The molecule has 0 heterocycles. The first-order chi connectivity index (χ1) is 14.3. The second-order valence-corrected chi connectivity index (χ2v) is 11.8. The van der Waals surface area contributed by atoms with Gasteiger partial charge in [-0.15, -0.1) is 0 Å². The number of Topliss-reactive ketones (excluding diaryl/α,β-unsaturated/α-hetero) is 1. The van der Waals surface area contributed by atoms with Crippen molar-refractivity contribution in [3.8, 4) is 0 Å². The van der Waals surface area contributed by atoms with Gasteiger partial charge in [-0.1, -0.05) is 6.07 Å². The van der Waals surface area contributed by atoms with E-state index in [0.29, 0.717) is 18.8 Å². The van der Waals surface area contributed by atoms with Gasteiger partial charge >= 0.3 is 0 Å². The molecule has 0 aliphatic heterocycles. The Morgan fingerprint density at radius 2 is 1.68 bits per heavy atom. The van der Waals surface area contributed by atoms with Crippen molar-refractivity contribution < 1.29 is 26.8 Å². The molecule has 4 aliphatic carbocycles. The fourth-order valence-corrected chi connectivity index (χ4v) is 7.95. The van der Waals surface area contributed by atoms with Crippen LogP contribution < -0.4 is 10.5 Å². The molecule has 0 saturated heterocycles. The summed E-state index contributed by atoms with van der Waals surface area (Å²) in [6.07, 6.45) is 4.26. The number of halogens is 2. The number of carbonyl (C=O) groups is 2. The molecule has 0 aromatic heterocycles. The molecule has 2 unspecified atom stereocenters. The largest absolute Gasteiger partial charge is 0.369 e. The van der Waals surface area contributed by atoms with Gasteiger partial charge in [-0.05, 0) is 81.8 Å². The van der Waals surface area contributed by atoms with Gasteiger partial charge in [0.2, 0.25) is 15.9 Å². The number of rotatable bonds is 7. The lowest BCUT2D eigenvalue weighted by Crippen LogP contribution is -2.57. The molecular formula is C22H28F2N2O4S. The molecule has 3 N–H and O–H groups in total. The fourth-order valence-electron chi connectivity index (χ4n) is 6.42. The van der Waals surface area contributed by atoms with Crippen molar-refractivity contribution in [2.24, 2.45) is 34.8 Å². The Morgan fingerprint density at radius 1 is 1.13 bits per heavy atom. The molecule has 2 atom stereocenters. The molecule has 6 nitrogen and oxygen atoms in total. The standard InChI is InChI=1S/C22H28F2N2O4S/c1-21(2,26-31(29,30)19-16(23)4-3-5-17(19)24)18(27)8-15-13-6-12-7-14(15)11-22(9-12,10-13)20(25)28/h3-5,12-15,26H,6-11H2,1-2H3,(H2,25,28). The number of hydrogen-bond donors (Lipinski definition) is 2. The minimum absolute atomic E-state index is 0.0606. The smallest absolute Gasteiger partial charge is 0.247 e. The third-order valence-corrected chi connectivity index (χ3v) is 9.39. The summed E-state index contributed by atoms with van der Waals surface area (Å²) in [5, 5.41) is 0. The van der Waals surface area contributed by atoms with Crippen LogP contribution in [0.4, 0.5) is 8.78 Å². The number of sulfonamides is 1. The van der Waals surface area contributed by atoms with Crippen molar-refractivity contribution in [1.82, 2.24) is 4.72 Å². The predicted molar refractivity (Wildman–Crippen MR) is 109 cm³/mol. The highest BCUT2D eigenvalue weighted by molar-refractivity contribution is 7.89. The quantitative estimate of drug-likeness (QED) is 0.661. The Morgan fingerprint density at radius 3 is 2.19 bits per heavy atom. The molecule has 1 amide bonds. The van der Waals surface area contributed by atoms with E-state index < -0.39 is 37.5 Å². The number of nitrogens with two attached hydrogens (primary N) is 1. The van der Waals surface area contributed by atoms with Crippen molar-refractivity contribution in [2.75, 3.05) is 0 Å². The molecule has 4 fully saturated rings. The Labute approximate surface area is 181 Å². The molecule has 9 heteroatoms. The molecular weight excluding hydrogens is 426 g/mol. The zero-order valence-corrected chi connectivity index (χ0v) is 18.5. The fraction of sp³-hybridized carbons (Fsp3) is 0.636. The minimum Gasteiger partial charge on any atom is -0.369 e. The van der Waals surface area contributed by atoms with E-state index in [1.807, 2.05) is 0 Å². The average Bonchev–Trinajstić information content (AvgIpc) is 2.62. The summed E-state index contributed by atoms with van der Waals surface area (Å²) in [6.45, 7) is 2.82. The number of carbonyl (C=O) groups excluding carboxylic acids is 2. The van der Waals surface area contributed by atoms with Crippen LogP contribution in [0, 0.1) is 40.7 Å². The van der Waals surface area contributed by atoms with Crippen molar-refractivity contribution in [3.05, 3.63) is 29.8 Å². The lowest BCUT2D eigenvalue weighted by Gasteiger charge is -2.59. The molecule has 1 aromatic rings. The zero-order valence-electron chi connectivity index (χ0n) is 17.7. The van der Waals surface area contributed by atoms with E-state index in [1.54, 1.807) is 0 Å². The summed E-state index contributed by atoms with van der Waals surface area (Å²) in [4.78, 5) is 24.2. The average molecular weight is 455 g/mol. The van der Waals surface area contributed by atoms with Gasteiger partial charge in [0, 0.05) is 11.8 Å². The van der Waals surface area contributed by atoms with Crippen molar-refractivity contribution in [2.45, 2.75) is 62.8 Å². The van der Waals surface area contributed by atoms with Gasteiger partial charge in [0.1, 0.15) is 11.6 Å². The Hall–Kier alpha value is -1.87. The molecule has 0 radical (unpaired) electrons. The first-order valence-corrected chi connectivity index (χ1v) is 12.1. The van der Waals surface area contributed by atoms with Crippen molar-refractivity contribution in [3.63, 3.8) is 0 Å². The van der Waals surface area contributed by atoms with Crippen LogP contribution >= 0.6 is 0 Å². The van der Waals surface area contributed by atoms with E-state index in [9.17, 15) is 26.8 Å². The van der Waals surface area contributed by atoms with Crippen molar-refractivity contribution >= 4 is 21.7 Å². The lowest BCUT2D eigenvalue weighted by molar-refractivity contribution is -0.152. The second kappa shape index (κ2) is 7.33. The van der Waals surface area contributed by atoms with Gasteiger partial charge < -0.3 is 5.73 Å².